The number of hydroxylamine groups is 2. The lowest BCUT2D eigenvalue weighted by Crippen LogP contribution is -2.74. The van der Waals surface area contributed by atoms with E-state index in [2.05, 4.69) is 25.8 Å². The van der Waals surface area contributed by atoms with Gasteiger partial charge in [-0.3, -0.25) is 14.4 Å². The molecule has 3 saturated heterocycles. The molecule has 204 valence electrons. The van der Waals surface area contributed by atoms with Gasteiger partial charge in [-0.25, -0.2) is 4.79 Å². The van der Waals surface area contributed by atoms with Gasteiger partial charge in [0.05, 0.1) is 6.54 Å². The van der Waals surface area contributed by atoms with Gasteiger partial charge in [-0.15, -0.1) is 0 Å². The number of likely N-dealkylation sites (tertiary alicyclic amines) is 1. The summed E-state index contributed by atoms with van der Waals surface area (Å²) in [5.41, 5.74) is 0.865. The first-order chi connectivity index (χ1) is 17.7. The Morgan fingerprint density at radius 1 is 1.00 bits per heavy atom. The summed E-state index contributed by atoms with van der Waals surface area (Å²) < 4.78 is 5.66. The number of hydrogen-bond acceptors (Lipinski definition) is 6. The predicted octanol–water partition coefficient (Wildman–Crippen LogP) is 3.49. The summed E-state index contributed by atoms with van der Waals surface area (Å²) >= 11 is 0. The second-order valence-corrected chi connectivity index (χ2v) is 11.5. The van der Waals surface area contributed by atoms with Gasteiger partial charge in [0.1, 0.15) is 12.6 Å². The van der Waals surface area contributed by atoms with Crippen molar-refractivity contribution in [3.8, 4) is 0 Å². The summed E-state index contributed by atoms with van der Waals surface area (Å²) in [6.07, 6.45) is 0.524. The highest BCUT2D eigenvalue weighted by Crippen LogP contribution is 2.34. The number of carbonyl (C=O) groups excluding carboxylic acids is 3. The average Bonchev–Trinajstić information content (AvgIpc) is 2.86. The van der Waals surface area contributed by atoms with Crippen molar-refractivity contribution < 1.29 is 24.0 Å². The van der Waals surface area contributed by atoms with Crippen LogP contribution in [0.2, 0.25) is 0 Å². The molecule has 0 saturated carbocycles. The number of carbonyl (C=O) groups is 3. The maximum atomic E-state index is 13.9. The number of hydrogen-bond donors (Lipinski definition) is 0. The lowest BCUT2D eigenvalue weighted by atomic mass is 9.93. The molecular formula is C28H42N4O5. The van der Waals surface area contributed by atoms with Crippen molar-refractivity contribution in [3.05, 3.63) is 35.9 Å². The van der Waals surface area contributed by atoms with Crippen molar-refractivity contribution in [3.63, 3.8) is 0 Å². The molecule has 3 aliphatic heterocycles. The van der Waals surface area contributed by atoms with E-state index in [1.54, 1.807) is 4.90 Å². The Balaban J connectivity index is 1.64. The molecule has 3 atom stereocenters. The van der Waals surface area contributed by atoms with E-state index >= 15 is 0 Å². The molecule has 0 unspecified atom stereocenters. The summed E-state index contributed by atoms with van der Waals surface area (Å²) in [5.74, 6) is 0.140. The van der Waals surface area contributed by atoms with Crippen molar-refractivity contribution >= 4 is 17.9 Å². The predicted molar refractivity (Wildman–Crippen MR) is 139 cm³/mol. The third-order valence-electron chi connectivity index (χ3n) is 7.52. The topological polar surface area (TPSA) is 82.6 Å². The summed E-state index contributed by atoms with van der Waals surface area (Å²) in [6, 6.07) is 8.92. The second kappa shape index (κ2) is 11.8. The van der Waals surface area contributed by atoms with Crippen molar-refractivity contribution in [1.29, 1.82) is 0 Å². The molecular weight excluding hydrogens is 472 g/mol. The first kappa shape index (κ1) is 27.4. The largest absolute Gasteiger partial charge is 0.443 e. The number of piperidine rings is 1. The zero-order valence-electron chi connectivity index (χ0n) is 22.8. The highest BCUT2D eigenvalue weighted by atomic mass is 16.7. The Kier molecular flexibility index (Phi) is 8.75. The van der Waals surface area contributed by atoms with Crippen molar-refractivity contribution in [2.45, 2.75) is 84.3 Å². The Morgan fingerprint density at radius 3 is 2.27 bits per heavy atom. The molecule has 0 bridgehead atoms. The molecule has 0 aromatic heterocycles. The van der Waals surface area contributed by atoms with E-state index in [0.29, 0.717) is 12.8 Å². The minimum absolute atomic E-state index is 0.0179. The van der Waals surface area contributed by atoms with Gasteiger partial charge in [-0.1, -0.05) is 58.0 Å². The van der Waals surface area contributed by atoms with Gasteiger partial charge >= 0.3 is 6.09 Å². The molecule has 3 aliphatic rings. The van der Waals surface area contributed by atoms with Crippen LogP contribution in [0.15, 0.2) is 30.3 Å². The van der Waals surface area contributed by atoms with Gasteiger partial charge in [-0.2, -0.15) is 5.06 Å². The number of amides is 3. The van der Waals surface area contributed by atoms with E-state index in [0.717, 1.165) is 31.5 Å². The zero-order chi connectivity index (χ0) is 26.7. The monoisotopic (exact) mass is 514 g/mol. The zero-order valence-corrected chi connectivity index (χ0v) is 22.8. The van der Waals surface area contributed by atoms with Gasteiger partial charge in [0.15, 0.2) is 12.3 Å². The highest BCUT2D eigenvalue weighted by Gasteiger charge is 2.54. The third-order valence-corrected chi connectivity index (χ3v) is 7.52. The number of fused-ring (bicyclic) bond motifs is 1. The van der Waals surface area contributed by atoms with Crippen LogP contribution in [0.1, 0.15) is 58.9 Å². The molecule has 9 heteroatoms. The maximum Gasteiger partial charge on any atom is 0.436 e. The summed E-state index contributed by atoms with van der Waals surface area (Å²) in [5, 5.41) is 1.24. The Labute approximate surface area is 220 Å². The number of piperazine rings is 1. The summed E-state index contributed by atoms with van der Waals surface area (Å²) in [6.45, 7) is 10.3. The molecule has 0 spiro atoms. The molecule has 37 heavy (non-hydrogen) atoms. The molecule has 3 heterocycles. The van der Waals surface area contributed by atoms with E-state index in [-0.39, 0.29) is 42.8 Å². The Bertz CT molecular complexity index is 947. The fraction of sp³-hybridized carbons (Fsp3) is 0.679. The molecule has 3 amide bonds. The van der Waals surface area contributed by atoms with Gasteiger partial charge in [-0.05, 0) is 63.2 Å². The standard InChI is InChI=1S/C28H42N4O5/c1-19(2)15-23-26(33)30(22-11-13-29(5)14-12-22)17-25-31(23)27(34)24(16-20(3)4)37-32(25)28(35)36-18-21-9-7-6-8-10-21/h6-10,19-20,22-25H,11-18H2,1-5H3/t23-,24+,25-/m0/s1. The van der Waals surface area contributed by atoms with E-state index < -0.39 is 24.4 Å². The van der Waals surface area contributed by atoms with Gasteiger partial charge in [0.25, 0.3) is 5.91 Å². The van der Waals surface area contributed by atoms with Crippen LogP contribution in [0.4, 0.5) is 4.79 Å². The van der Waals surface area contributed by atoms with Crippen LogP contribution in [0.25, 0.3) is 0 Å². The summed E-state index contributed by atoms with van der Waals surface area (Å²) in [4.78, 5) is 53.0. The van der Waals surface area contributed by atoms with Gasteiger partial charge in [0.2, 0.25) is 5.91 Å². The smallest absolute Gasteiger partial charge is 0.436 e. The molecule has 0 radical (unpaired) electrons. The molecule has 0 N–H and O–H groups in total. The normalized spacial score (nSPS) is 25.7. The van der Waals surface area contributed by atoms with Crippen LogP contribution in [-0.2, 0) is 25.8 Å². The quantitative estimate of drug-likeness (QED) is 0.554. The third kappa shape index (κ3) is 6.26. The molecule has 0 aliphatic carbocycles. The molecule has 9 nitrogen and oxygen atoms in total. The number of rotatable bonds is 7. The number of benzene rings is 1. The van der Waals surface area contributed by atoms with E-state index in [4.69, 9.17) is 9.57 Å². The van der Waals surface area contributed by atoms with Crippen molar-refractivity contribution in [1.82, 2.24) is 19.8 Å². The fourth-order valence-corrected chi connectivity index (χ4v) is 5.59. The molecule has 1 aromatic rings. The van der Waals surface area contributed by atoms with Crippen LogP contribution >= 0.6 is 0 Å². The van der Waals surface area contributed by atoms with Gasteiger partial charge < -0.3 is 19.4 Å². The lowest BCUT2D eigenvalue weighted by molar-refractivity contribution is -0.270. The lowest BCUT2D eigenvalue weighted by Gasteiger charge is -2.54. The number of ether oxygens (including phenoxy) is 1. The first-order valence-electron chi connectivity index (χ1n) is 13.6. The number of nitrogens with zero attached hydrogens (tertiary/aromatic N) is 4. The minimum Gasteiger partial charge on any atom is -0.443 e. The highest BCUT2D eigenvalue weighted by molar-refractivity contribution is 5.92. The SMILES string of the molecule is CC(C)C[C@H]1ON(C(=O)OCc2ccccc2)[C@H]2CN(C3CCN(C)CC3)C(=O)[C@H](CC(C)C)N2C1=O. The van der Waals surface area contributed by atoms with Crippen molar-refractivity contribution in [2.24, 2.45) is 11.8 Å². The van der Waals surface area contributed by atoms with Crippen LogP contribution in [0, 0.1) is 11.8 Å². The van der Waals surface area contributed by atoms with E-state index in [1.807, 2.05) is 49.1 Å². The Morgan fingerprint density at radius 2 is 1.65 bits per heavy atom. The second-order valence-electron chi connectivity index (χ2n) is 11.5. The van der Waals surface area contributed by atoms with Crippen LogP contribution in [0.3, 0.4) is 0 Å². The van der Waals surface area contributed by atoms with Gasteiger partial charge in [0, 0.05) is 6.04 Å². The summed E-state index contributed by atoms with van der Waals surface area (Å²) in [7, 11) is 2.09. The average molecular weight is 515 g/mol. The Hall–Kier alpha value is -2.65. The molecule has 3 fully saturated rings. The van der Waals surface area contributed by atoms with Crippen LogP contribution < -0.4 is 0 Å². The van der Waals surface area contributed by atoms with Crippen LogP contribution in [0.5, 0.6) is 0 Å². The minimum atomic E-state index is -0.835. The maximum absolute atomic E-state index is 13.9. The molecule has 1 aromatic carbocycles. The molecule has 4 rings (SSSR count). The van der Waals surface area contributed by atoms with Crippen LogP contribution in [-0.4, -0.2) is 88.7 Å². The first-order valence-corrected chi connectivity index (χ1v) is 13.6. The fourth-order valence-electron chi connectivity index (χ4n) is 5.59. The van der Waals surface area contributed by atoms with E-state index in [9.17, 15) is 14.4 Å². The van der Waals surface area contributed by atoms with E-state index in [1.165, 1.54) is 5.06 Å². The van der Waals surface area contributed by atoms with Crippen molar-refractivity contribution in [2.75, 3.05) is 26.7 Å².